The summed E-state index contributed by atoms with van der Waals surface area (Å²) in [6.45, 7) is 9.02. The normalized spacial score (nSPS) is 10.8. The number of aryl methyl sites for hydroxylation is 2. The molecule has 0 spiro atoms. The Bertz CT molecular complexity index is 690. The largest absolute Gasteiger partial charge is 0.369 e. The molecule has 0 atom stereocenters. The number of carbonyl (C=O) groups is 1. The van der Waals surface area contributed by atoms with Crippen molar-refractivity contribution in [2.75, 3.05) is 17.2 Å². The molecule has 0 radical (unpaired) electrons. The maximum absolute atomic E-state index is 12.3. The van der Waals surface area contributed by atoms with E-state index in [0.717, 1.165) is 24.1 Å². The maximum atomic E-state index is 12.3. The number of benzene rings is 1. The van der Waals surface area contributed by atoms with Crippen molar-refractivity contribution < 1.29 is 4.79 Å². The molecule has 0 aliphatic rings. The highest BCUT2D eigenvalue weighted by molar-refractivity contribution is 6.34. The third-order valence-corrected chi connectivity index (χ3v) is 3.89. The van der Waals surface area contributed by atoms with Crippen LogP contribution in [0.3, 0.4) is 0 Å². The number of rotatable bonds is 6. The third-order valence-electron chi connectivity index (χ3n) is 3.60. The highest BCUT2D eigenvalue weighted by Crippen LogP contribution is 2.27. The number of nitrogens with zero attached hydrogens (tertiary/aromatic N) is 2. The fourth-order valence-corrected chi connectivity index (χ4v) is 2.66. The average Bonchev–Trinajstić information content (AvgIpc) is 2.51. The minimum absolute atomic E-state index is 0.250. The summed E-state index contributed by atoms with van der Waals surface area (Å²) >= 11 is 6.21. The molecule has 1 heterocycles. The molecule has 2 aromatic rings. The molecule has 1 aromatic carbocycles. The fourth-order valence-electron chi connectivity index (χ4n) is 2.29. The molecule has 1 aromatic heterocycles. The second kappa shape index (κ2) is 8.11. The number of carbonyl (C=O) groups excluding carboxylic acids is 1. The number of aromatic nitrogens is 2. The Morgan fingerprint density at radius 3 is 2.54 bits per heavy atom. The van der Waals surface area contributed by atoms with Crippen molar-refractivity contribution in [3.05, 3.63) is 46.1 Å². The van der Waals surface area contributed by atoms with E-state index in [1.54, 1.807) is 12.1 Å². The molecule has 5 nitrogen and oxygen atoms in total. The van der Waals surface area contributed by atoms with Gasteiger partial charge in [-0.25, -0.2) is 0 Å². The van der Waals surface area contributed by atoms with Crippen LogP contribution in [0.2, 0.25) is 5.02 Å². The van der Waals surface area contributed by atoms with E-state index in [9.17, 15) is 4.79 Å². The molecular formula is C18H23ClN4O. The van der Waals surface area contributed by atoms with Gasteiger partial charge in [0.1, 0.15) is 5.82 Å². The molecule has 2 rings (SSSR count). The Labute approximate surface area is 147 Å². The second-order valence-electron chi connectivity index (χ2n) is 6.31. The first-order chi connectivity index (χ1) is 11.4. The van der Waals surface area contributed by atoms with Crippen LogP contribution in [0, 0.1) is 19.8 Å². The van der Waals surface area contributed by atoms with Crippen LogP contribution in [-0.4, -0.2) is 22.6 Å². The minimum Gasteiger partial charge on any atom is -0.369 e. The summed E-state index contributed by atoms with van der Waals surface area (Å²) in [4.78, 5) is 12.3. The third kappa shape index (κ3) is 4.93. The van der Waals surface area contributed by atoms with E-state index >= 15 is 0 Å². The summed E-state index contributed by atoms with van der Waals surface area (Å²) in [6.07, 6.45) is 1.05. The summed E-state index contributed by atoms with van der Waals surface area (Å²) in [5.74, 6) is 0.958. The smallest absolute Gasteiger partial charge is 0.276 e. The van der Waals surface area contributed by atoms with Gasteiger partial charge in [0, 0.05) is 6.54 Å². The quantitative estimate of drug-likeness (QED) is 0.810. The number of anilines is 2. The van der Waals surface area contributed by atoms with Crippen LogP contribution in [-0.2, 0) is 0 Å². The second-order valence-corrected chi connectivity index (χ2v) is 6.71. The van der Waals surface area contributed by atoms with E-state index in [0.29, 0.717) is 22.4 Å². The Kier molecular flexibility index (Phi) is 6.15. The highest BCUT2D eigenvalue weighted by Gasteiger charge is 2.13. The average molecular weight is 347 g/mol. The highest BCUT2D eigenvalue weighted by atomic mass is 35.5. The molecular weight excluding hydrogens is 324 g/mol. The van der Waals surface area contributed by atoms with Crippen LogP contribution in [0.4, 0.5) is 11.5 Å². The van der Waals surface area contributed by atoms with Gasteiger partial charge < -0.3 is 10.6 Å². The number of halogens is 1. The summed E-state index contributed by atoms with van der Waals surface area (Å²) in [6, 6.07) is 7.19. The van der Waals surface area contributed by atoms with Crippen molar-refractivity contribution in [2.45, 2.75) is 34.1 Å². The maximum Gasteiger partial charge on any atom is 0.276 e. The first kappa shape index (κ1) is 18.2. The van der Waals surface area contributed by atoms with E-state index in [1.165, 1.54) is 0 Å². The summed E-state index contributed by atoms with van der Waals surface area (Å²) in [5, 5.41) is 14.5. The van der Waals surface area contributed by atoms with Gasteiger partial charge in [0.2, 0.25) is 0 Å². The SMILES string of the molecule is Cc1cc(C)c(NC(=O)c2ccc(NCCC(C)C)nn2)c(Cl)c1. The Morgan fingerprint density at radius 2 is 1.96 bits per heavy atom. The Morgan fingerprint density at radius 1 is 1.21 bits per heavy atom. The molecule has 0 unspecified atom stereocenters. The van der Waals surface area contributed by atoms with Crippen molar-refractivity contribution >= 4 is 29.0 Å². The van der Waals surface area contributed by atoms with E-state index < -0.39 is 0 Å². The number of amides is 1. The van der Waals surface area contributed by atoms with Crippen molar-refractivity contribution in [1.82, 2.24) is 10.2 Å². The van der Waals surface area contributed by atoms with Crippen LogP contribution in [0.25, 0.3) is 0 Å². The molecule has 0 aliphatic heterocycles. The molecule has 0 fully saturated rings. The van der Waals surface area contributed by atoms with Crippen LogP contribution < -0.4 is 10.6 Å². The molecule has 128 valence electrons. The van der Waals surface area contributed by atoms with Crippen molar-refractivity contribution in [2.24, 2.45) is 5.92 Å². The van der Waals surface area contributed by atoms with Crippen molar-refractivity contribution in [3.8, 4) is 0 Å². The molecule has 2 N–H and O–H groups in total. The van der Waals surface area contributed by atoms with E-state index in [2.05, 4.69) is 34.7 Å². The monoisotopic (exact) mass is 346 g/mol. The van der Waals surface area contributed by atoms with E-state index in [4.69, 9.17) is 11.6 Å². The van der Waals surface area contributed by atoms with Crippen LogP contribution in [0.5, 0.6) is 0 Å². The first-order valence-corrected chi connectivity index (χ1v) is 8.40. The summed E-state index contributed by atoms with van der Waals surface area (Å²) in [5.41, 5.74) is 2.81. The fraction of sp³-hybridized carbons (Fsp3) is 0.389. The Balaban J connectivity index is 2.03. The molecule has 0 saturated carbocycles. The van der Waals surface area contributed by atoms with Gasteiger partial charge in [-0.3, -0.25) is 4.79 Å². The predicted octanol–water partition coefficient (Wildman–Crippen LogP) is 4.46. The predicted molar refractivity (Wildman–Crippen MR) is 98.9 cm³/mol. The van der Waals surface area contributed by atoms with Crippen LogP contribution >= 0.6 is 11.6 Å². The van der Waals surface area contributed by atoms with Gasteiger partial charge >= 0.3 is 0 Å². The molecule has 6 heteroatoms. The molecule has 24 heavy (non-hydrogen) atoms. The number of hydrogen-bond acceptors (Lipinski definition) is 4. The first-order valence-electron chi connectivity index (χ1n) is 8.02. The lowest BCUT2D eigenvalue weighted by molar-refractivity contribution is 0.102. The zero-order chi connectivity index (χ0) is 17.7. The topological polar surface area (TPSA) is 66.9 Å². The zero-order valence-electron chi connectivity index (χ0n) is 14.5. The summed E-state index contributed by atoms with van der Waals surface area (Å²) in [7, 11) is 0. The lowest BCUT2D eigenvalue weighted by atomic mass is 10.1. The van der Waals surface area contributed by atoms with Crippen molar-refractivity contribution in [1.29, 1.82) is 0 Å². The lowest BCUT2D eigenvalue weighted by Crippen LogP contribution is -2.16. The van der Waals surface area contributed by atoms with Gasteiger partial charge in [-0.2, -0.15) is 0 Å². The molecule has 0 aliphatic carbocycles. The van der Waals surface area contributed by atoms with E-state index in [-0.39, 0.29) is 11.6 Å². The van der Waals surface area contributed by atoms with Gasteiger partial charge in [-0.15, -0.1) is 10.2 Å². The standard InChI is InChI=1S/C18H23ClN4O/c1-11(2)7-8-20-16-6-5-15(22-23-16)18(24)21-17-13(4)9-12(3)10-14(17)19/h5-6,9-11H,7-8H2,1-4H3,(H,20,23)(H,21,24). The van der Waals surface area contributed by atoms with Gasteiger partial charge in [-0.05, 0) is 55.5 Å². The molecule has 0 saturated heterocycles. The minimum atomic E-state index is -0.329. The Hall–Kier alpha value is -2.14. The van der Waals surface area contributed by atoms with Gasteiger partial charge in [0.05, 0.1) is 10.7 Å². The number of hydrogen-bond donors (Lipinski definition) is 2. The van der Waals surface area contributed by atoms with Gasteiger partial charge in [0.15, 0.2) is 5.69 Å². The van der Waals surface area contributed by atoms with Crippen LogP contribution in [0.1, 0.15) is 41.9 Å². The van der Waals surface area contributed by atoms with Gasteiger partial charge in [0.25, 0.3) is 5.91 Å². The number of nitrogens with one attached hydrogen (secondary N) is 2. The van der Waals surface area contributed by atoms with Crippen LogP contribution in [0.15, 0.2) is 24.3 Å². The molecule has 0 bridgehead atoms. The van der Waals surface area contributed by atoms with Crippen molar-refractivity contribution in [3.63, 3.8) is 0 Å². The summed E-state index contributed by atoms with van der Waals surface area (Å²) < 4.78 is 0. The lowest BCUT2D eigenvalue weighted by Gasteiger charge is -2.11. The van der Waals surface area contributed by atoms with E-state index in [1.807, 2.05) is 26.0 Å². The zero-order valence-corrected chi connectivity index (χ0v) is 15.2. The molecule has 1 amide bonds. The van der Waals surface area contributed by atoms with Gasteiger partial charge in [-0.1, -0.05) is 31.5 Å².